The van der Waals surface area contributed by atoms with Crippen LogP contribution in [-0.2, 0) is 19.1 Å². The van der Waals surface area contributed by atoms with Gasteiger partial charge in [-0.05, 0) is 0 Å². The standard InChI is InChI=1S/C5H3F5O2.C5H5F3O2/c1-12-4(11)2(3(6)7)5(8,9)10;1-3(4(9)10-2)5(6,7)8/h1H3;1H2,2H3. The quantitative estimate of drug-likeness (QED) is 0.439. The van der Waals surface area contributed by atoms with Gasteiger partial charge in [0.2, 0.25) is 5.57 Å². The molecule has 0 aromatic rings. The SMILES string of the molecule is C=C(C(=O)OC)C(F)(F)F.COC(=O)C(=C(F)F)C(F)(F)F. The van der Waals surface area contributed by atoms with Crippen LogP contribution < -0.4 is 0 Å². The largest absolute Gasteiger partial charge is 0.465 e. The predicted octanol–water partition coefficient (Wildman–Crippen LogP) is 3.15. The van der Waals surface area contributed by atoms with E-state index in [1.807, 2.05) is 0 Å². The maximum Gasteiger partial charge on any atom is 0.428 e. The lowest BCUT2D eigenvalue weighted by molar-refractivity contribution is -0.150. The van der Waals surface area contributed by atoms with E-state index < -0.39 is 41.5 Å². The summed E-state index contributed by atoms with van der Waals surface area (Å²) in [6.07, 6.45) is -13.2. The van der Waals surface area contributed by atoms with E-state index in [-0.39, 0.29) is 0 Å². The minimum atomic E-state index is -5.38. The van der Waals surface area contributed by atoms with Gasteiger partial charge in [-0.15, -0.1) is 0 Å². The Bertz CT molecular complexity index is 457. The zero-order chi connectivity index (χ0) is 18.3. The zero-order valence-corrected chi connectivity index (χ0v) is 10.9. The second-order valence-corrected chi connectivity index (χ2v) is 3.09. The van der Waals surface area contributed by atoms with E-state index in [1.54, 1.807) is 0 Å². The van der Waals surface area contributed by atoms with E-state index in [2.05, 4.69) is 16.1 Å². The predicted molar refractivity (Wildman–Crippen MR) is 54.5 cm³/mol. The van der Waals surface area contributed by atoms with Crippen LogP contribution in [0, 0.1) is 0 Å². The summed E-state index contributed by atoms with van der Waals surface area (Å²) in [5, 5.41) is 0. The molecule has 0 unspecified atom stereocenters. The number of methoxy groups -OCH3 is 2. The molecule has 0 aliphatic rings. The van der Waals surface area contributed by atoms with Gasteiger partial charge in [0.1, 0.15) is 5.57 Å². The minimum absolute atomic E-state index is 0.580. The monoisotopic (exact) mass is 344 g/mol. The highest BCUT2D eigenvalue weighted by Crippen LogP contribution is 2.30. The summed E-state index contributed by atoms with van der Waals surface area (Å²) < 4.78 is 99.4. The lowest BCUT2D eigenvalue weighted by Gasteiger charge is -2.06. The Morgan fingerprint density at radius 2 is 1.18 bits per heavy atom. The Kier molecular flexibility index (Phi) is 8.39. The highest BCUT2D eigenvalue weighted by molar-refractivity contribution is 5.90. The second kappa shape index (κ2) is 8.34. The number of rotatable bonds is 2. The molecule has 0 atom stereocenters. The summed E-state index contributed by atoms with van der Waals surface area (Å²) in [5.74, 6) is -3.55. The molecule has 22 heavy (non-hydrogen) atoms. The summed E-state index contributed by atoms with van der Waals surface area (Å²) in [5.41, 5.74) is -4.06. The van der Waals surface area contributed by atoms with Gasteiger partial charge in [0.15, 0.2) is 0 Å². The first-order valence-corrected chi connectivity index (χ1v) is 4.75. The highest BCUT2D eigenvalue weighted by Gasteiger charge is 2.43. The van der Waals surface area contributed by atoms with Crippen molar-refractivity contribution in [2.45, 2.75) is 12.4 Å². The smallest absolute Gasteiger partial charge is 0.428 e. The summed E-state index contributed by atoms with van der Waals surface area (Å²) in [7, 11) is 1.44. The van der Waals surface area contributed by atoms with Gasteiger partial charge in [0, 0.05) is 0 Å². The third-order valence-corrected chi connectivity index (χ3v) is 1.64. The summed E-state index contributed by atoms with van der Waals surface area (Å²) in [4.78, 5) is 20.2. The third-order valence-electron chi connectivity index (χ3n) is 1.64. The summed E-state index contributed by atoms with van der Waals surface area (Å²) in [6, 6.07) is 0. The minimum Gasteiger partial charge on any atom is -0.465 e. The van der Waals surface area contributed by atoms with Gasteiger partial charge in [-0.25, -0.2) is 9.59 Å². The fourth-order valence-corrected chi connectivity index (χ4v) is 0.641. The van der Waals surface area contributed by atoms with Crippen molar-refractivity contribution >= 4 is 11.9 Å². The van der Waals surface area contributed by atoms with E-state index in [0.717, 1.165) is 7.11 Å². The number of halogens is 8. The first kappa shape index (κ1) is 22.1. The normalized spacial score (nSPS) is 10.8. The first-order valence-electron chi connectivity index (χ1n) is 4.75. The van der Waals surface area contributed by atoms with Crippen molar-refractivity contribution in [1.82, 2.24) is 0 Å². The molecule has 0 rings (SSSR count). The molecule has 0 saturated heterocycles. The lowest BCUT2D eigenvalue weighted by Crippen LogP contribution is -2.22. The molecule has 0 aliphatic heterocycles. The average molecular weight is 344 g/mol. The van der Waals surface area contributed by atoms with E-state index in [1.165, 1.54) is 0 Å². The van der Waals surface area contributed by atoms with Crippen LogP contribution in [0.1, 0.15) is 0 Å². The molecule has 0 radical (unpaired) electrons. The van der Waals surface area contributed by atoms with Gasteiger partial charge in [0.25, 0.3) is 6.08 Å². The van der Waals surface area contributed by atoms with E-state index in [0.29, 0.717) is 7.11 Å². The number of ether oxygens (including phenoxy) is 2. The van der Waals surface area contributed by atoms with Crippen LogP contribution in [0.4, 0.5) is 35.1 Å². The van der Waals surface area contributed by atoms with E-state index in [9.17, 15) is 44.7 Å². The molecular weight excluding hydrogens is 336 g/mol. The Hall–Kier alpha value is -2.14. The van der Waals surface area contributed by atoms with Crippen LogP contribution in [0.3, 0.4) is 0 Å². The van der Waals surface area contributed by atoms with Crippen molar-refractivity contribution in [3.63, 3.8) is 0 Å². The lowest BCUT2D eigenvalue weighted by atomic mass is 10.3. The number of hydrogen-bond donors (Lipinski definition) is 0. The van der Waals surface area contributed by atoms with Crippen LogP contribution in [0.5, 0.6) is 0 Å². The Morgan fingerprint density at radius 3 is 1.27 bits per heavy atom. The molecule has 0 spiro atoms. The average Bonchev–Trinajstić information content (AvgIpc) is 2.34. The van der Waals surface area contributed by atoms with Gasteiger partial charge in [-0.1, -0.05) is 6.58 Å². The Labute approximate surface area is 118 Å². The Morgan fingerprint density at radius 1 is 0.818 bits per heavy atom. The molecule has 0 aliphatic carbocycles. The van der Waals surface area contributed by atoms with Crippen LogP contribution in [0.15, 0.2) is 23.8 Å². The number of carbonyl (C=O) groups is 2. The van der Waals surface area contributed by atoms with Crippen molar-refractivity contribution in [1.29, 1.82) is 0 Å². The maximum absolute atomic E-state index is 11.6. The third kappa shape index (κ3) is 7.59. The fourth-order valence-electron chi connectivity index (χ4n) is 0.641. The molecule has 0 amide bonds. The summed E-state index contributed by atoms with van der Waals surface area (Å²) in [6.45, 7) is 2.50. The number of carbonyl (C=O) groups excluding carboxylic acids is 2. The van der Waals surface area contributed by atoms with Gasteiger partial charge >= 0.3 is 24.3 Å². The van der Waals surface area contributed by atoms with Crippen LogP contribution in [0.25, 0.3) is 0 Å². The van der Waals surface area contributed by atoms with Crippen molar-refractivity contribution in [3.8, 4) is 0 Å². The summed E-state index contributed by atoms with van der Waals surface area (Å²) >= 11 is 0. The second-order valence-electron chi connectivity index (χ2n) is 3.09. The molecule has 0 heterocycles. The van der Waals surface area contributed by atoms with Crippen molar-refractivity contribution in [3.05, 3.63) is 23.8 Å². The molecule has 12 heteroatoms. The number of hydrogen-bond acceptors (Lipinski definition) is 4. The van der Waals surface area contributed by atoms with Gasteiger partial charge in [-0.2, -0.15) is 35.1 Å². The number of alkyl halides is 6. The number of esters is 2. The van der Waals surface area contributed by atoms with Gasteiger partial charge < -0.3 is 9.47 Å². The Balaban J connectivity index is 0. The van der Waals surface area contributed by atoms with Gasteiger partial charge in [-0.3, -0.25) is 0 Å². The van der Waals surface area contributed by atoms with Crippen LogP contribution in [-0.4, -0.2) is 38.5 Å². The topological polar surface area (TPSA) is 52.6 Å². The van der Waals surface area contributed by atoms with Crippen molar-refractivity contribution in [2.24, 2.45) is 0 Å². The molecule has 0 aromatic heterocycles. The zero-order valence-electron chi connectivity index (χ0n) is 10.9. The molecule has 0 fully saturated rings. The molecule has 0 bridgehead atoms. The van der Waals surface area contributed by atoms with Gasteiger partial charge in [0.05, 0.1) is 14.2 Å². The molecule has 0 N–H and O–H groups in total. The molecule has 0 aromatic carbocycles. The molecule has 128 valence electrons. The van der Waals surface area contributed by atoms with E-state index in [4.69, 9.17) is 0 Å². The highest BCUT2D eigenvalue weighted by atomic mass is 19.4. The van der Waals surface area contributed by atoms with Crippen LogP contribution >= 0.6 is 0 Å². The van der Waals surface area contributed by atoms with Crippen LogP contribution in [0.2, 0.25) is 0 Å². The molecule has 0 saturated carbocycles. The maximum atomic E-state index is 11.6. The first-order chi connectivity index (χ1) is 9.69. The fraction of sp³-hybridized carbons (Fsp3) is 0.400. The molecule has 4 nitrogen and oxygen atoms in total. The van der Waals surface area contributed by atoms with Crippen molar-refractivity contribution in [2.75, 3.05) is 14.2 Å². The van der Waals surface area contributed by atoms with E-state index >= 15 is 0 Å². The molecular formula is C10H8F8O4. The van der Waals surface area contributed by atoms with Crippen molar-refractivity contribution < 1.29 is 54.2 Å².